The van der Waals surface area contributed by atoms with Gasteiger partial charge in [0.1, 0.15) is 11.4 Å². The van der Waals surface area contributed by atoms with E-state index in [1.165, 1.54) is 14.0 Å². The summed E-state index contributed by atoms with van der Waals surface area (Å²) in [6, 6.07) is 8.34. The summed E-state index contributed by atoms with van der Waals surface area (Å²) in [4.78, 5) is 27.4. The van der Waals surface area contributed by atoms with Crippen molar-refractivity contribution < 1.29 is 27.5 Å². The molecule has 2 rings (SSSR count). The predicted octanol–water partition coefficient (Wildman–Crippen LogP) is 2.58. The molecule has 0 radical (unpaired) electrons. The van der Waals surface area contributed by atoms with Crippen LogP contribution in [0, 0.1) is 6.92 Å². The molecule has 2 N–H and O–H groups in total. The molecule has 6 nitrogen and oxygen atoms in total. The largest absolute Gasteiger partial charge is 0.497 e. The first-order chi connectivity index (χ1) is 12.7. The van der Waals surface area contributed by atoms with Crippen molar-refractivity contribution in [3.05, 3.63) is 58.9 Å². The lowest BCUT2D eigenvalue weighted by molar-refractivity contribution is -0.141. The van der Waals surface area contributed by atoms with Crippen LogP contribution in [-0.4, -0.2) is 37.0 Å². The first kappa shape index (κ1) is 20.2. The second kappa shape index (κ2) is 8.52. The summed E-state index contributed by atoms with van der Waals surface area (Å²) < 4.78 is 42.8. The fraction of sp³-hybridized carbons (Fsp3) is 0.278. The second-order valence-corrected chi connectivity index (χ2v) is 5.57. The maximum atomic E-state index is 12.6. The van der Waals surface area contributed by atoms with Crippen molar-refractivity contribution in [1.82, 2.24) is 15.6 Å². The molecule has 0 fully saturated rings. The van der Waals surface area contributed by atoms with E-state index in [9.17, 15) is 22.8 Å². The van der Waals surface area contributed by atoms with Crippen LogP contribution in [0.15, 0.2) is 36.4 Å². The van der Waals surface area contributed by atoms with E-state index in [0.29, 0.717) is 11.3 Å². The quantitative estimate of drug-likeness (QED) is 0.754. The zero-order valence-corrected chi connectivity index (χ0v) is 14.7. The van der Waals surface area contributed by atoms with Crippen molar-refractivity contribution >= 4 is 11.8 Å². The molecule has 0 bridgehead atoms. The van der Waals surface area contributed by atoms with E-state index in [1.807, 2.05) is 0 Å². The number of aromatic nitrogens is 1. The molecule has 2 aromatic rings. The number of ether oxygens (including phenoxy) is 1. The molecule has 0 aliphatic carbocycles. The number of alkyl halides is 3. The number of hydrogen-bond acceptors (Lipinski definition) is 4. The molecule has 9 heteroatoms. The zero-order chi connectivity index (χ0) is 20.0. The van der Waals surface area contributed by atoms with E-state index in [2.05, 4.69) is 15.6 Å². The van der Waals surface area contributed by atoms with Crippen LogP contribution in [0.1, 0.15) is 32.1 Å². The molecule has 0 aliphatic rings. The average Bonchev–Trinajstić information content (AvgIpc) is 2.64. The van der Waals surface area contributed by atoms with Crippen LogP contribution in [0.3, 0.4) is 0 Å². The number of aryl methyl sites for hydroxylation is 1. The van der Waals surface area contributed by atoms with Gasteiger partial charge in [-0.2, -0.15) is 13.2 Å². The molecule has 27 heavy (non-hydrogen) atoms. The van der Waals surface area contributed by atoms with Crippen molar-refractivity contribution in [1.29, 1.82) is 0 Å². The first-order valence-electron chi connectivity index (χ1n) is 7.97. The minimum Gasteiger partial charge on any atom is -0.497 e. The van der Waals surface area contributed by atoms with E-state index in [4.69, 9.17) is 4.74 Å². The number of methoxy groups -OCH3 is 1. The van der Waals surface area contributed by atoms with E-state index >= 15 is 0 Å². The monoisotopic (exact) mass is 381 g/mol. The van der Waals surface area contributed by atoms with Gasteiger partial charge in [-0.1, -0.05) is 0 Å². The number of carbonyl (C=O) groups excluding carboxylic acids is 2. The third-order valence-electron chi connectivity index (χ3n) is 3.67. The van der Waals surface area contributed by atoms with Gasteiger partial charge >= 0.3 is 6.18 Å². The Balaban J connectivity index is 1.84. The molecule has 0 saturated heterocycles. The van der Waals surface area contributed by atoms with Crippen LogP contribution in [0.2, 0.25) is 0 Å². The zero-order valence-electron chi connectivity index (χ0n) is 14.7. The number of hydrogen-bond donors (Lipinski definition) is 2. The highest BCUT2D eigenvalue weighted by Crippen LogP contribution is 2.28. The Morgan fingerprint density at radius 3 is 2.11 bits per heavy atom. The average molecular weight is 381 g/mol. The number of nitrogens with one attached hydrogen (secondary N) is 2. The molecule has 0 aliphatic heterocycles. The smallest absolute Gasteiger partial charge is 0.433 e. The fourth-order valence-electron chi connectivity index (χ4n) is 2.25. The van der Waals surface area contributed by atoms with Crippen LogP contribution in [-0.2, 0) is 6.18 Å². The molecule has 2 amide bonds. The lowest BCUT2D eigenvalue weighted by atomic mass is 10.1. The maximum absolute atomic E-state index is 12.6. The van der Waals surface area contributed by atoms with E-state index in [0.717, 1.165) is 12.1 Å². The van der Waals surface area contributed by atoms with Crippen LogP contribution in [0.25, 0.3) is 0 Å². The Labute approximate surface area is 153 Å². The van der Waals surface area contributed by atoms with Crippen molar-refractivity contribution in [2.45, 2.75) is 13.1 Å². The maximum Gasteiger partial charge on any atom is 0.433 e. The molecule has 1 heterocycles. The number of halogens is 3. The number of nitrogens with zero attached hydrogens (tertiary/aromatic N) is 1. The van der Waals surface area contributed by atoms with Crippen LogP contribution in [0.5, 0.6) is 5.75 Å². The van der Waals surface area contributed by atoms with Gasteiger partial charge in [0.2, 0.25) is 0 Å². The van der Waals surface area contributed by atoms with Crippen LogP contribution in [0.4, 0.5) is 13.2 Å². The Hall–Kier alpha value is -3.10. The van der Waals surface area contributed by atoms with Crippen molar-refractivity contribution in [2.75, 3.05) is 20.2 Å². The standard InChI is InChI=1S/C18H18F3N3O3/c1-11-14(7-8-15(24-11)18(19,20)21)17(26)23-10-9-22-16(25)12-3-5-13(27-2)6-4-12/h3-8H,9-10H2,1-2H3,(H,22,25)(H,23,26). The normalized spacial score (nSPS) is 11.0. The Morgan fingerprint density at radius 1 is 1.00 bits per heavy atom. The third-order valence-corrected chi connectivity index (χ3v) is 3.67. The highest BCUT2D eigenvalue weighted by Gasteiger charge is 2.33. The summed E-state index contributed by atoms with van der Waals surface area (Å²) in [5.74, 6) is -0.258. The van der Waals surface area contributed by atoms with Gasteiger partial charge < -0.3 is 15.4 Å². The number of amides is 2. The molecular weight excluding hydrogens is 363 g/mol. The molecule has 0 unspecified atom stereocenters. The van der Waals surface area contributed by atoms with Gasteiger partial charge in [-0.05, 0) is 43.3 Å². The molecule has 0 saturated carbocycles. The number of pyridine rings is 1. The van der Waals surface area contributed by atoms with Gasteiger partial charge in [-0.25, -0.2) is 4.98 Å². The highest BCUT2D eigenvalue weighted by atomic mass is 19.4. The summed E-state index contributed by atoms with van der Waals surface area (Å²) >= 11 is 0. The molecule has 144 valence electrons. The predicted molar refractivity (Wildman–Crippen MR) is 91.6 cm³/mol. The van der Waals surface area contributed by atoms with E-state index in [-0.39, 0.29) is 30.3 Å². The van der Waals surface area contributed by atoms with Crippen molar-refractivity contribution in [3.8, 4) is 5.75 Å². The Morgan fingerprint density at radius 2 is 1.59 bits per heavy atom. The summed E-state index contributed by atoms with van der Waals surface area (Å²) in [7, 11) is 1.52. The number of rotatable bonds is 6. The molecule has 0 atom stereocenters. The summed E-state index contributed by atoms with van der Waals surface area (Å²) in [6.45, 7) is 1.60. The van der Waals surface area contributed by atoms with Crippen LogP contribution < -0.4 is 15.4 Å². The lowest BCUT2D eigenvalue weighted by Crippen LogP contribution is -2.35. The molecule has 0 spiro atoms. The van der Waals surface area contributed by atoms with Gasteiger partial charge in [-0.15, -0.1) is 0 Å². The van der Waals surface area contributed by atoms with Crippen LogP contribution >= 0.6 is 0 Å². The number of carbonyl (C=O) groups is 2. The van der Waals surface area contributed by atoms with Crippen molar-refractivity contribution in [3.63, 3.8) is 0 Å². The minimum atomic E-state index is -4.56. The summed E-state index contributed by atoms with van der Waals surface area (Å²) in [6.07, 6.45) is -4.56. The summed E-state index contributed by atoms with van der Waals surface area (Å²) in [5, 5.41) is 5.16. The summed E-state index contributed by atoms with van der Waals surface area (Å²) in [5.41, 5.74) is -0.595. The SMILES string of the molecule is COc1ccc(C(=O)NCCNC(=O)c2ccc(C(F)(F)F)nc2C)cc1. The van der Waals surface area contributed by atoms with Gasteiger partial charge in [-0.3, -0.25) is 9.59 Å². The minimum absolute atomic E-state index is 0.0235. The molecular formula is C18H18F3N3O3. The fourth-order valence-corrected chi connectivity index (χ4v) is 2.25. The van der Waals surface area contributed by atoms with E-state index in [1.54, 1.807) is 24.3 Å². The lowest BCUT2D eigenvalue weighted by Gasteiger charge is -2.11. The first-order valence-corrected chi connectivity index (χ1v) is 7.97. The molecule has 1 aromatic heterocycles. The second-order valence-electron chi connectivity index (χ2n) is 5.57. The van der Waals surface area contributed by atoms with Gasteiger partial charge in [0.05, 0.1) is 18.4 Å². The van der Waals surface area contributed by atoms with Gasteiger partial charge in [0.15, 0.2) is 0 Å². The Bertz CT molecular complexity index is 821. The number of benzene rings is 1. The van der Waals surface area contributed by atoms with Gasteiger partial charge in [0, 0.05) is 18.7 Å². The van der Waals surface area contributed by atoms with E-state index < -0.39 is 17.8 Å². The van der Waals surface area contributed by atoms with Gasteiger partial charge in [0.25, 0.3) is 11.8 Å². The highest BCUT2D eigenvalue weighted by molar-refractivity contribution is 5.95. The Kier molecular flexibility index (Phi) is 6.38. The third kappa shape index (κ3) is 5.44. The molecule has 1 aromatic carbocycles. The topological polar surface area (TPSA) is 80.3 Å². The van der Waals surface area contributed by atoms with Crippen molar-refractivity contribution in [2.24, 2.45) is 0 Å².